The number of esters is 1. The van der Waals surface area contributed by atoms with Crippen molar-refractivity contribution < 1.29 is 9.53 Å². The average molecular weight is 315 g/mol. The lowest BCUT2D eigenvalue weighted by molar-refractivity contribution is 0.0520. The van der Waals surface area contributed by atoms with Crippen molar-refractivity contribution in [3.8, 4) is 11.4 Å². The number of benzene rings is 1. The first kappa shape index (κ1) is 13.5. The number of aromatic nitrogens is 2. The predicted octanol–water partition coefficient (Wildman–Crippen LogP) is 4.09. The Balaban J connectivity index is 1.89. The molecule has 5 heteroatoms. The molecule has 0 fully saturated rings. The highest BCUT2D eigenvalue weighted by atomic mass is 35.5. The number of nitrogens with one attached hydrogen (secondary N) is 2. The van der Waals surface area contributed by atoms with Gasteiger partial charge in [0.15, 0.2) is 0 Å². The minimum Gasteiger partial charge on any atom is -0.461 e. The Morgan fingerprint density at radius 3 is 2.95 bits per heavy atom. The summed E-state index contributed by atoms with van der Waals surface area (Å²) in [6.45, 7) is 2.17. The van der Waals surface area contributed by atoms with Crippen LogP contribution in [0.5, 0.6) is 0 Å². The molecule has 2 aromatic heterocycles. The highest BCUT2D eigenvalue weighted by molar-refractivity contribution is 6.35. The van der Waals surface area contributed by atoms with Crippen LogP contribution in [0.1, 0.15) is 28.5 Å². The molecule has 1 aliphatic rings. The van der Waals surface area contributed by atoms with Gasteiger partial charge in [0, 0.05) is 5.39 Å². The molecule has 112 valence electrons. The van der Waals surface area contributed by atoms with E-state index >= 15 is 0 Å². The zero-order valence-corrected chi connectivity index (χ0v) is 12.9. The van der Waals surface area contributed by atoms with E-state index in [4.69, 9.17) is 16.3 Å². The fraction of sp³-hybridized carbons (Fsp3) is 0.235. The summed E-state index contributed by atoms with van der Waals surface area (Å²) in [5, 5.41) is 1.87. The minimum atomic E-state index is -0.312. The molecule has 0 amide bonds. The number of hydrogen-bond acceptors (Lipinski definition) is 2. The lowest BCUT2D eigenvalue weighted by Gasteiger charge is -2.11. The summed E-state index contributed by atoms with van der Waals surface area (Å²) < 4.78 is 5.07. The first-order chi connectivity index (χ1) is 10.7. The summed E-state index contributed by atoms with van der Waals surface area (Å²) in [4.78, 5) is 18.5. The molecular weight excluding hydrogens is 300 g/mol. The van der Waals surface area contributed by atoms with Crippen molar-refractivity contribution in [2.45, 2.75) is 19.8 Å². The molecule has 0 aliphatic heterocycles. The van der Waals surface area contributed by atoms with Crippen LogP contribution in [0.2, 0.25) is 5.02 Å². The van der Waals surface area contributed by atoms with E-state index in [0.29, 0.717) is 17.3 Å². The third-order valence-corrected chi connectivity index (χ3v) is 4.49. The number of fused-ring (bicyclic) bond motifs is 5. The SMILES string of the molecule is CCOC(=O)c1cc2c([nH]1)-c1[nH]c3c(Cl)cccc3c1CC2. The third kappa shape index (κ3) is 1.87. The van der Waals surface area contributed by atoms with Crippen molar-refractivity contribution in [3.63, 3.8) is 0 Å². The van der Waals surface area contributed by atoms with Crippen LogP contribution in [0.25, 0.3) is 22.3 Å². The fourth-order valence-corrected chi connectivity index (χ4v) is 3.43. The number of ether oxygens (including phenoxy) is 1. The molecule has 4 nitrogen and oxygen atoms in total. The fourth-order valence-electron chi connectivity index (χ4n) is 3.21. The van der Waals surface area contributed by atoms with Crippen molar-refractivity contribution in [1.29, 1.82) is 0 Å². The van der Waals surface area contributed by atoms with Crippen molar-refractivity contribution in [2.24, 2.45) is 0 Å². The molecule has 0 bridgehead atoms. The number of carbonyl (C=O) groups is 1. The number of aromatic amines is 2. The molecule has 22 heavy (non-hydrogen) atoms. The van der Waals surface area contributed by atoms with Gasteiger partial charge in [0.1, 0.15) is 5.69 Å². The smallest absolute Gasteiger partial charge is 0.354 e. The molecule has 0 radical (unpaired) electrons. The Bertz CT molecular complexity index is 892. The van der Waals surface area contributed by atoms with Gasteiger partial charge in [-0.15, -0.1) is 0 Å². The number of halogens is 1. The maximum absolute atomic E-state index is 11.9. The number of H-pyrrole nitrogens is 2. The van der Waals surface area contributed by atoms with Gasteiger partial charge in [0.2, 0.25) is 0 Å². The minimum absolute atomic E-state index is 0.312. The Kier molecular flexibility index (Phi) is 3.01. The second kappa shape index (κ2) is 4.92. The average Bonchev–Trinajstić information content (AvgIpc) is 3.09. The maximum atomic E-state index is 11.9. The van der Waals surface area contributed by atoms with Crippen LogP contribution < -0.4 is 0 Å². The summed E-state index contributed by atoms with van der Waals surface area (Å²) >= 11 is 6.29. The molecular formula is C17H15ClN2O2. The van der Waals surface area contributed by atoms with Crippen molar-refractivity contribution in [3.05, 3.63) is 46.1 Å². The quantitative estimate of drug-likeness (QED) is 0.700. The molecule has 2 N–H and O–H groups in total. The normalized spacial score (nSPS) is 13.0. The maximum Gasteiger partial charge on any atom is 0.354 e. The predicted molar refractivity (Wildman–Crippen MR) is 86.5 cm³/mol. The van der Waals surface area contributed by atoms with Crippen LogP contribution in [0.15, 0.2) is 24.3 Å². The molecule has 1 aliphatic carbocycles. The van der Waals surface area contributed by atoms with E-state index in [0.717, 1.165) is 40.7 Å². The number of rotatable bonds is 2. The Morgan fingerprint density at radius 1 is 1.27 bits per heavy atom. The Labute approximate surface area is 132 Å². The van der Waals surface area contributed by atoms with E-state index in [1.54, 1.807) is 6.92 Å². The van der Waals surface area contributed by atoms with Crippen molar-refractivity contribution >= 4 is 28.5 Å². The lowest BCUT2D eigenvalue weighted by Crippen LogP contribution is -2.04. The Hall–Kier alpha value is -2.20. The van der Waals surface area contributed by atoms with E-state index in [9.17, 15) is 4.79 Å². The molecule has 0 spiro atoms. The van der Waals surface area contributed by atoms with Crippen molar-refractivity contribution in [2.75, 3.05) is 6.61 Å². The van der Waals surface area contributed by atoms with E-state index < -0.39 is 0 Å². The zero-order chi connectivity index (χ0) is 15.3. The van der Waals surface area contributed by atoms with Gasteiger partial charge in [0.05, 0.1) is 28.5 Å². The van der Waals surface area contributed by atoms with Crippen LogP contribution >= 0.6 is 11.6 Å². The number of hydrogen-bond donors (Lipinski definition) is 2. The molecule has 3 aromatic rings. The lowest BCUT2D eigenvalue weighted by atomic mass is 9.94. The van der Waals surface area contributed by atoms with E-state index in [1.165, 1.54) is 5.56 Å². The summed E-state index contributed by atoms with van der Waals surface area (Å²) in [5.41, 5.74) is 5.84. The van der Waals surface area contributed by atoms with Gasteiger partial charge in [-0.2, -0.15) is 0 Å². The number of carbonyl (C=O) groups excluding carboxylic acids is 1. The number of para-hydroxylation sites is 1. The van der Waals surface area contributed by atoms with Gasteiger partial charge in [-0.05, 0) is 43.0 Å². The van der Waals surface area contributed by atoms with Crippen LogP contribution in [-0.2, 0) is 17.6 Å². The van der Waals surface area contributed by atoms with E-state index in [-0.39, 0.29) is 5.97 Å². The summed E-state index contributed by atoms with van der Waals surface area (Å²) in [5.74, 6) is -0.312. The highest BCUT2D eigenvalue weighted by Crippen LogP contribution is 2.39. The van der Waals surface area contributed by atoms with Crippen molar-refractivity contribution in [1.82, 2.24) is 9.97 Å². The molecule has 0 unspecified atom stereocenters. The van der Waals surface area contributed by atoms with Crippen LogP contribution in [0, 0.1) is 0 Å². The van der Waals surface area contributed by atoms with Crippen LogP contribution in [0.3, 0.4) is 0 Å². The third-order valence-electron chi connectivity index (χ3n) is 4.18. The van der Waals surface area contributed by atoms with Crippen LogP contribution in [0.4, 0.5) is 0 Å². The van der Waals surface area contributed by atoms with Gasteiger partial charge < -0.3 is 14.7 Å². The van der Waals surface area contributed by atoms with E-state index in [2.05, 4.69) is 16.0 Å². The Morgan fingerprint density at radius 2 is 2.14 bits per heavy atom. The van der Waals surface area contributed by atoms with Gasteiger partial charge in [-0.25, -0.2) is 4.79 Å². The van der Waals surface area contributed by atoms with Gasteiger partial charge in [-0.1, -0.05) is 23.7 Å². The molecule has 4 rings (SSSR count). The van der Waals surface area contributed by atoms with Gasteiger partial charge in [0.25, 0.3) is 0 Å². The van der Waals surface area contributed by atoms with Gasteiger partial charge in [-0.3, -0.25) is 0 Å². The summed E-state index contributed by atoms with van der Waals surface area (Å²) in [6, 6.07) is 7.82. The summed E-state index contributed by atoms with van der Waals surface area (Å²) in [6.07, 6.45) is 1.83. The first-order valence-electron chi connectivity index (χ1n) is 7.37. The molecule has 0 saturated heterocycles. The first-order valence-corrected chi connectivity index (χ1v) is 7.75. The summed E-state index contributed by atoms with van der Waals surface area (Å²) in [7, 11) is 0. The highest BCUT2D eigenvalue weighted by Gasteiger charge is 2.25. The number of aryl methyl sites for hydroxylation is 2. The molecule has 0 saturated carbocycles. The molecule has 2 heterocycles. The van der Waals surface area contributed by atoms with Gasteiger partial charge >= 0.3 is 5.97 Å². The second-order valence-corrected chi connectivity index (χ2v) is 5.85. The topological polar surface area (TPSA) is 57.9 Å². The molecule has 1 aromatic carbocycles. The molecule has 0 atom stereocenters. The largest absolute Gasteiger partial charge is 0.461 e. The zero-order valence-electron chi connectivity index (χ0n) is 12.1. The monoisotopic (exact) mass is 314 g/mol. The second-order valence-electron chi connectivity index (χ2n) is 5.44. The van der Waals surface area contributed by atoms with Crippen LogP contribution in [-0.4, -0.2) is 22.5 Å². The standard InChI is InChI=1S/C17H15ClN2O2/c1-2-22-17(21)13-8-9-6-7-11-10-4-3-5-12(18)15(10)20-16(11)14(9)19-13/h3-5,8,19-20H,2,6-7H2,1H3. The van der Waals surface area contributed by atoms with E-state index in [1.807, 2.05) is 18.2 Å².